The Balaban J connectivity index is 1.43. The number of alkyl halides is 3. The lowest BCUT2D eigenvalue weighted by Gasteiger charge is -2.13. The predicted octanol–water partition coefficient (Wildman–Crippen LogP) is 6.55. The molecular formula is C28H21F3N2O2. The first-order valence-electron chi connectivity index (χ1n) is 10.8. The number of carbonyl (C=O) groups is 2. The fourth-order valence-corrected chi connectivity index (χ4v) is 3.64. The molecule has 0 saturated heterocycles. The van der Waals surface area contributed by atoms with Crippen molar-refractivity contribution in [2.45, 2.75) is 12.7 Å². The van der Waals surface area contributed by atoms with Gasteiger partial charge < -0.3 is 10.6 Å². The molecule has 0 unspecified atom stereocenters. The minimum atomic E-state index is -4.66. The van der Waals surface area contributed by atoms with Gasteiger partial charge in [-0.2, -0.15) is 13.2 Å². The number of anilines is 1. The predicted molar refractivity (Wildman–Crippen MR) is 129 cm³/mol. The van der Waals surface area contributed by atoms with Crippen LogP contribution in [-0.2, 0) is 12.7 Å². The van der Waals surface area contributed by atoms with Gasteiger partial charge in [-0.3, -0.25) is 9.59 Å². The molecule has 0 atom stereocenters. The minimum Gasteiger partial charge on any atom is -0.348 e. The van der Waals surface area contributed by atoms with E-state index in [2.05, 4.69) is 10.6 Å². The second-order valence-electron chi connectivity index (χ2n) is 7.83. The number of nitrogens with one attached hydrogen (secondary N) is 2. The van der Waals surface area contributed by atoms with Crippen molar-refractivity contribution >= 4 is 17.5 Å². The highest BCUT2D eigenvalue weighted by Gasteiger charge is 2.34. The maximum absolute atomic E-state index is 13.2. The average molecular weight is 474 g/mol. The molecule has 35 heavy (non-hydrogen) atoms. The van der Waals surface area contributed by atoms with Gasteiger partial charge in [0.15, 0.2) is 0 Å². The van der Waals surface area contributed by atoms with Crippen LogP contribution in [0.5, 0.6) is 0 Å². The molecule has 4 aromatic carbocycles. The molecule has 0 aliphatic heterocycles. The van der Waals surface area contributed by atoms with E-state index >= 15 is 0 Å². The van der Waals surface area contributed by atoms with E-state index in [1.54, 1.807) is 12.1 Å². The summed E-state index contributed by atoms with van der Waals surface area (Å²) >= 11 is 0. The minimum absolute atomic E-state index is 0.214. The quantitative estimate of drug-likeness (QED) is 0.333. The molecule has 0 radical (unpaired) electrons. The SMILES string of the molecule is O=C(NCc1cccc(-c2ccccc2)c1)c1cccc(NC(=O)c2ccccc2C(F)(F)F)c1. The highest BCUT2D eigenvalue weighted by molar-refractivity contribution is 6.06. The van der Waals surface area contributed by atoms with E-state index in [0.29, 0.717) is 0 Å². The molecule has 4 nitrogen and oxygen atoms in total. The number of rotatable bonds is 6. The lowest BCUT2D eigenvalue weighted by molar-refractivity contribution is -0.137. The molecule has 0 fully saturated rings. The summed E-state index contributed by atoms with van der Waals surface area (Å²) in [6.45, 7) is 0.287. The highest BCUT2D eigenvalue weighted by atomic mass is 19.4. The zero-order valence-electron chi connectivity index (χ0n) is 18.5. The third-order valence-corrected chi connectivity index (χ3v) is 5.35. The van der Waals surface area contributed by atoms with Crippen molar-refractivity contribution in [2.75, 3.05) is 5.32 Å². The maximum atomic E-state index is 13.2. The lowest BCUT2D eigenvalue weighted by atomic mass is 10.0. The Morgan fingerprint density at radius 2 is 1.37 bits per heavy atom. The number of hydrogen-bond donors (Lipinski definition) is 2. The van der Waals surface area contributed by atoms with Gasteiger partial charge in [0.2, 0.25) is 0 Å². The summed E-state index contributed by atoms with van der Waals surface area (Å²) in [5.41, 5.74) is 1.97. The van der Waals surface area contributed by atoms with Crippen LogP contribution in [0.1, 0.15) is 31.8 Å². The molecule has 0 saturated carbocycles. The van der Waals surface area contributed by atoms with Crippen molar-refractivity contribution in [1.82, 2.24) is 5.32 Å². The number of halogens is 3. The van der Waals surface area contributed by atoms with Gasteiger partial charge in [0, 0.05) is 17.8 Å². The number of carbonyl (C=O) groups excluding carboxylic acids is 2. The molecular weight excluding hydrogens is 453 g/mol. The highest BCUT2D eigenvalue weighted by Crippen LogP contribution is 2.32. The summed E-state index contributed by atoms with van der Waals surface area (Å²) in [7, 11) is 0. The Hall–Kier alpha value is -4.39. The largest absolute Gasteiger partial charge is 0.417 e. The second-order valence-corrected chi connectivity index (χ2v) is 7.83. The molecule has 0 aliphatic rings. The van der Waals surface area contributed by atoms with Gasteiger partial charge >= 0.3 is 6.18 Å². The van der Waals surface area contributed by atoms with E-state index in [1.165, 1.54) is 24.3 Å². The number of hydrogen-bond acceptors (Lipinski definition) is 2. The molecule has 2 N–H and O–H groups in total. The van der Waals surface area contributed by atoms with Gasteiger partial charge in [-0.25, -0.2) is 0 Å². The average Bonchev–Trinajstić information content (AvgIpc) is 2.87. The topological polar surface area (TPSA) is 58.2 Å². The molecule has 0 heterocycles. The smallest absolute Gasteiger partial charge is 0.348 e. The van der Waals surface area contributed by atoms with Crippen LogP contribution < -0.4 is 10.6 Å². The van der Waals surface area contributed by atoms with Gasteiger partial charge in [-0.15, -0.1) is 0 Å². The van der Waals surface area contributed by atoms with E-state index in [-0.39, 0.29) is 23.7 Å². The standard InChI is InChI=1S/C28H21F3N2O2/c29-28(30,31)25-15-5-4-14-24(25)27(35)33-23-13-7-12-22(17-23)26(34)32-18-19-8-6-11-21(16-19)20-9-2-1-3-10-20/h1-17H,18H2,(H,32,34)(H,33,35). The molecule has 4 rings (SSSR count). The van der Waals surface area contributed by atoms with E-state index in [4.69, 9.17) is 0 Å². The van der Waals surface area contributed by atoms with Crippen molar-refractivity contribution in [2.24, 2.45) is 0 Å². The number of benzene rings is 4. The fraction of sp³-hybridized carbons (Fsp3) is 0.0714. The van der Waals surface area contributed by atoms with E-state index in [0.717, 1.165) is 28.8 Å². The molecule has 0 spiro atoms. The molecule has 2 amide bonds. The Morgan fingerprint density at radius 1 is 0.686 bits per heavy atom. The van der Waals surface area contributed by atoms with E-state index < -0.39 is 23.2 Å². The number of amides is 2. The maximum Gasteiger partial charge on any atom is 0.417 e. The van der Waals surface area contributed by atoms with Crippen molar-refractivity contribution in [3.05, 3.63) is 125 Å². The monoisotopic (exact) mass is 474 g/mol. The Bertz CT molecular complexity index is 1350. The first-order valence-corrected chi connectivity index (χ1v) is 10.8. The van der Waals surface area contributed by atoms with Crippen LogP contribution in [0.25, 0.3) is 11.1 Å². The zero-order valence-corrected chi connectivity index (χ0v) is 18.5. The summed E-state index contributed by atoms with van der Waals surface area (Å²) in [4.78, 5) is 25.2. The third kappa shape index (κ3) is 5.95. The Kier molecular flexibility index (Phi) is 6.96. The Morgan fingerprint density at radius 3 is 2.14 bits per heavy atom. The molecule has 176 valence electrons. The zero-order chi connectivity index (χ0) is 24.8. The second kappa shape index (κ2) is 10.3. The van der Waals surface area contributed by atoms with Crippen LogP contribution >= 0.6 is 0 Å². The summed E-state index contributed by atoms with van der Waals surface area (Å²) in [6, 6.07) is 28.3. The van der Waals surface area contributed by atoms with E-state index in [9.17, 15) is 22.8 Å². The van der Waals surface area contributed by atoms with Gasteiger partial charge in [0.25, 0.3) is 11.8 Å². The van der Waals surface area contributed by atoms with E-state index in [1.807, 2.05) is 54.6 Å². The van der Waals surface area contributed by atoms with Crippen LogP contribution in [0.3, 0.4) is 0 Å². The fourth-order valence-electron chi connectivity index (χ4n) is 3.64. The van der Waals surface area contributed by atoms with Gasteiger partial charge in [-0.1, -0.05) is 66.7 Å². The molecule has 0 bridgehead atoms. The van der Waals surface area contributed by atoms with Crippen molar-refractivity contribution < 1.29 is 22.8 Å². The third-order valence-electron chi connectivity index (χ3n) is 5.35. The van der Waals surface area contributed by atoms with Gasteiger partial charge in [0.1, 0.15) is 0 Å². The summed E-state index contributed by atoms with van der Waals surface area (Å²) in [5, 5.41) is 5.28. The van der Waals surface area contributed by atoms with Gasteiger partial charge in [0.05, 0.1) is 11.1 Å². The van der Waals surface area contributed by atoms with Crippen molar-refractivity contribution in [1.29, 1.82) is 0 Å². The lowest BCUT2D eigenvalue weighted by Crippen LogP contribution is -2.23. The van der Waals surface area contributed by atoms with Crippen LogP contribution in [0.15, 0.2) is 103 Å². The Labute approximate surface area is 200 Å². The normalized spacial score (nSPS) is 11.1. The first-order chi connectivity index (χ1) is 16.8. The van der Waals surface area contributed by atoms with Crippen LogP contribution in [-0.4, -0.2) is 11.8 Å². The molecule has 4 aromatic rings. The van der Waals surface area contributed by atoms with Crippen LogP contribution in [0.2, 0.25) is 0 Å². The first kappa shape index (κ1) is 23.8. The van der Waals surface area contributed by atoms with Crippen LogP contribution in [0.4, 0.5) is 18.9 Å². The summed E-state index contributed by atoms with van der Waals surface area (Å²) < 4.78 is 39.7. The molecule has 0 aliphatic carbocycles. The van der Waals surface area contributed by atoms with Crippen molar-refractivity contribution in [3.8, 4) is 11.1 Å². The molecule has 0 aromatic heterocycles. The molecule has 7 heteroatoms. The summed E-state index contributed by atoms with van der Waals surface area (Å²) in [5.74, 6) is -1.28. The van der Waals surface area contributed by atoms with Crippen LogP contribution in [0, 0.1) is 0 Å². The summed E-state index contributed by atoms with van der Waals surface area (Å²) in [6.07, 6.45) is -4.66. The van der Waals surface area contributed by atoms with Gasteiger partial charge in [-0.05, 0) is 53.1 Å². The van der Waals surface area contributed by atoms with Crippen molar-refractivity contribution in [3.63, 3.8) is 0 Å².